The Morgan fingerprint density at radius 3 is 2.68 bits per heavy atom. The van der Waals surface area contributed by atoms with Gasteiger partial charge >= 0.3 is 5.97 Å². The van der Waals surface area contributed by atoms with E-state index in [4.69, 9.17) is 21.9 Å². The number of aromatic nitrogens is 1. The Balaban J connectivity index is 2.26. The van der Waals surface area contributed by atoms with Crippen molar-refractivity contribution in [1.82, 2.24) is 4.98 Å². The van der Waals surface area contributed by atoms with E-state index in [1.807, 2.05) is 18.2 Å². The Kier molecular flexibility index (Phi) is 6.59. The topological polar surface area (TPSA) is 125 Å². The van der Waals surface area contributed by atoms with E-state index in [0.717, 1.165) is 17.2 Å². The first kappa shape index (κ1) is 22.7. The second kappa shape index (κ2) is 9.01. The molecular weight excluding hydrogens is 440 g/mol. The third-order valence-electron chi connectivity index (χ3n) is 4.78. The summed E-state index contributed by atoms with van der Waals surface area (Å²) in [5, 5.41) is 4.78. The van der Waals surface area contributed by atoms with Crippen molar-refractivity contribution < 1.29 is 17.9 Å². The zero-order valence-corrected chi connectivity index (χ0v) is 18.8. The fraction of sp³-hybridized carbons (Fsp3) is 0.286. The maximum absolute atomic E-state index is 12.7. The van der Waals surface area contributed by atoms with Gasteiger partial charge in [-0.3, -0.25) is 0 Å². The first-order chi connectivity index (χ1) is 14.7. The molecule has 0 saturated heterocycles. The van der Waals surface area contributed by atoms with Gasteiger partial charge in [0.25, 0.3) is 0 Å². The Morgan fingerprint density at radius 2 is 2.06 bits per heavy atom. The predicted molar refractivity (Wildman–Crippen MR) is 121 cm³/mol. The third-order valence-corrected chi connectivity index (χ3v) is 5.97. The molecule has 1 aromatic heterocycles. The molecule has 1 unspecified atom stereocenters. The minimum atomic E-state index is -3.26. The van der Waals surface area contributed by atoms with Crippen LogP contribution in [0, 0.1) is 0 Å². The van der Waals surface area contributed by atoms with Crippen molar-refractivity contribution in [2.75, 3.05) is 12.9 Å². The molecule has 31 heavy (non-hydrogen) atoms. The number of fused-ring (bicyclic) bond motifs is 1. The van der Waals surface area contributed by atoms with Crippen LogP contribution >= 0.6 is 11.6 Å². The summed E-state index contributed by atoms with van der Waals surface area (Å²) < 4.78 is 28.5. The van der Waals surface area contributed by atoms with Crippen LogP contribution in [0.1, 0.15) is 41.5 Å². The summed E-state index contributed by atoms with van der Waals surface area (Å²) in [6.07, 6.45) is 1.14. The molecule has 3 rings (SSSR count). The van der Waals surface area contributed by atoms with Crippen LogP contribution in [0.5, 0.6) is 0 Å². The highest BCUT2D eigenvalue weighted by atomic mass is 35.5. The normalized spacial score (nSPS) is 12.4. The zero-order chi connectivity index (χ0) is 22.8. The Hall–Kier alpha value is -3.00. The van der Waals surface area contributed by atoms with Gasteiger partial charge in [-0.1, -0.05) is 54.0 Å². The minimum Gasteiger partial charge on any atom is -0.461 e. The molecule has 0 bridgehead atoms. The van der Waals surface area contributed by atoms with E-state index in [2.05, 4.69) is 15.0 Å². The zero-order valence-electron chi connectivity index (χ0n) is 17.2. The lowest BCUT2D eigenvalue weighted by molar-refractivity contribution is 0.0521. The number of carbonyl (C=O) groups is 1. The number of nitrogens with one attached hydrogen (secondary N) is 1. The van der Waals surface area contributed by atoms with Gasteiger partial charge in [0.15, 0.2) is 9.84 Å². The highest BCUT2D eigenvalue weighted by molar-refractivity contribution is 7.89. The van der Waals surface area contributed by atoms with E-state index in [1.54, 1.807) is 32.0 Å². The molecule has 162 valence electrons. The molecule has 0 fully saturated rings. The summed E-state index contributed by atoms with van der Waals surface area (Å²) in [6.45, 7) is 3.67. The van der Waals surface area contributed by atoms with E-state index < -0.39 is 21.8 Å². The minimum absolute atomic E-state index is 0.182. The van der Waals surface area contributed by atoms with Gasteiger partial charge < -0.3 is 9.72 Å². The average Bonchev–Trinajstić information content (AvgIpc) is 3.08. The average molecular weight is 461 g/mol. The first-order valence-corrected chi connectivity index (χ1v) is 11.9. The van der Waals surface area contributed by atoms with Crippen LogP contribution in [0.4, 0.5) is 0 Å². The number of halogens is 1. The molecule has 1 heterocycles. The number of benzene rings is 2. The molecule has 0 aliphatic rings. The van der Waals surface area contributed by atoms with E-state index in [0.29, 0.717) is 22.2 Å². The lowest BCUT2D eigenvalue weighted by atomic mass is 9.98. The van der Waals surface area contributed by atoms with Crippen LogP contribution in [0.15, 0.2) is 41.5 Å². The van der Waals surface area contributed by atoms with Crippen molar-refractivity contribution in [2.45, 2.75) is 25.6 Å². The van der Waals surface area contributed by atoms with Gasteiger partial charge in [-0.2, -0.15) is 0 Å². The molecule has 3 aromatic rings. The van der Waals surface area contributed by atoms with E-state index in [9.17, 15) is 13.2 Å². The summed E-state index contributed by atoms with van der Waals surface area (Å²) in [6, 6.07) is 10.0. The number of aromatic amines is 1. The van der Waals surface area contributed by atoms with Gasteiger partial charge in [0.1, 0.15) is 5.69 Å². The Morgan fingerprint density at radius 1 is 1.32 bits per heavy atom. The van der Waals surface area contributed by atoms with Gasteiger partial charge in [-0.15, -0.1) is 0 Å². The predicted octanol–water partition coefficient (Wildman–Crippen LogP) is 5.58. The molecule has 10 heteroatoms. The molecule has 0 amide bonds. The second-order valence-corrected chi connectivity index (χ2v) is 9.67. The third kappa shape index (κ3) is 4.85. The number of rotatable bonds is 7. The summed E-state index contributed by atoms with van der Waals surface area (Å²) in [7, 11) is -3.26. The molecule has 0 aliphatic heterocycles. The maximum Gasteiger partial charge on any atom is 0.355 e. The molecule has 2 aromatic carbocycles. The van der Waals surface area contributed by atoms with Crippen molar-refractivity contribution in [3.05, 3.63) is 68.7 Å². The fourth-order valence-corrected chi connectivity index (χ4v) is 4.63. The van der Waals surface area contributed by atoms with Crippen LogP contribution < -0.4 is 0 Å². The first-order valence-electron chi connectivity index (χ1n) is 9.48. The Bertz CT molecular complexity index is 1310. The second-order valence-electron chi connectivity index (χ2n) is 7.12. The molecule has 8 nitrogen and oxygen atoms in total. The van der Waals surface area contributed by atoms with Crippen LogP contribution in [-0.4, -0.2) is 32.2 Å². The number of nitrogens with zero attached hydrogens (tertiary/aromatic N) is 3. The fourth-order valence-electron chi connectivity index (χ4n) is 3.49. The lowest BCUT2D eigenvalue weighted by Crippen LogP contribution is -2.06. The lowest BCUT2D eigenvalue weighted by Gasteiger charge is -2.09. The summed E-state index contributed by atoms with van der Waals surface area (Å²) in [5.74, 6) is -0.717. The van der Waals surface area contributed by atoms with Crippen LogP contribution in [0.2, 0.25) is 5.02 Å². The van der Waals surface area contributed by atoms with Gasteiger partial charge in [0.2, 0.25) is 0 Å². The molecule has 0 spiro atoms. The molecular formula is C21H21ClN4O4S. The Labute approximate surface area is 184 Å². The molecule has 0 aliphatic carbocycles. The van der Waals surface area contributed by atoms with E-state index in [-0.39, 0.29) is 23.1 Å². The highest BCUT2D eigenvalue weighted by Crippen LogP contribution is 2.38. The smallest absolute Gasteiger partial charge is 0.355 e. The molecule has 1 atom stereocenters. The van der Waals surface area contributed by atoms with Crippen LogP contribution in [-0.2, 0) is 20.3 Å². The summed E-state index contributed by atoms with van der Waals surface area (Å²) in [5.41, 5.74) is 12.1. The standard InChI is InChI=1S/C21H21ClN4O4S/c1-4-30-21(27)20-18(13-8-9-14(17(22)10-13)11-31(3,28)29)16-7-5-6-15(19(16)24-20)12(2)25-26-23/h5-10,12,24H,4,11H2,1-3H3. The number of para-hydroxylation sites is 1. The number of H-pyrrole nitrogens is 1. The van der Waals surface area contributed by atoms with E-state index >= 15 is 0 Å². The number of carbonyl (C=O) groups excluding carboxylic acids is 1. The number of hydrogen-bond donors (Lipinski definition) is 1. The number of sulfone groups is 1. The van der Waals surface area contributed by atoms with E-state index in [1.165, 1.54) is 0 Å². The highest BCUT2D eigenvalue weighted by Gasteiger charge is 2.23. The maximum atomic E-state index is 12.7. The van der Waals surface area contributed by atoms with Crippen molar-refractivity contribution >= 4 is 38.3 Å². The molecule has 0 radical (unpaired) electrons. The number of ether oxygens (including phenoxy) is 1. The van der Waals surface area contributed by atoms with Crippen LogP contribution in [0.25, 0.3) is 32.5 Å². The molecule has 0 saturated carbocycles. The number of hydrogen-bond acceptors (Lipinski definition) is 5. The van der Waals surface area contributed by atoms with Gasteiger partial charge in [0.05, 0.1) is 23.9 Å². The number of esters is 1. The van der Waals surface area contributed by atoms with Gasteiger partial charge in [-0.25, -0.2) is 13.2 Å². The SMILES string of the molecule is CCOC(=O)c1[nH]c2c(C(C)N=[N+]=[N-])cccc2c1-c1ccc(CS(C)(=O)=O)c(Cl)c1. The molecule has 1 N–H and O–H groups in total. The van der Waals surface area contributed by atoms with Crippen molar-refractivity contribution in [3.8, 4) is 11.1 Å². The van der Waals surface area contributed by atoms with Gasteiger partial charge in [0, 0.05) is 27.1 Å². The number of azide groups is 1. The monoisotopic (exact) mass is 460 g/mol. The van der Waals surface area contributed by atoms with Crippen molar-refractivity contribution in [2.24, 2.45) is 5.11 Å². The van der Waals surface area contributed by atoms with Gasteiger partial charge in [-0.05, 0) is 35.2 Å². The summed E-state index contributed by atoms with van der Waals surface area (Å²) in [4.78, 5) is 18.7. The quantitative estimate of drug-likeness (QED) is 0.214. The van der Waals surface area contributed by atoms with Crippen LogP contribution in [0.3, 0.4) is 0 Å². The largest absolute Gasteiger partial charge is 0.461 e. The van der Waals surface area contributed by atoms with Crippen molar-refractivity contribution in [3.63, 3.8) is 0 Å². The summed E-state index contributed by atoms with van der Waals surface area (Å²) >= 11 is 6.37. The van der Waals surface area contributed by atoms with Crippen molar-refractivity contribution in [1.29, 1.82) is 0 Å².